The first-order chi connectivity index (χ1) is 17.6. The molecule has 7 aromatic rings. The van der Waals surface area contributed by atoms with Crippen molar-refractivity contribution in [3.05, 3.63) is 120 Å². The maximum absolute atomic E-state index is 4.86. The molecular formula is C34H24N2. The standard InChI is InChI=1S/C34H24N2/c1-34(2)27-13-5-3-11-23(27)25-18-19-26-24-12-4-6-14-28(24)36(33(26)31(25)34)29-15-7-9-21-16-17-22-10-8-20-35-32(22)30(21)29/h3-20H,1-2H3. The zero-order valence-corrected chi connectivity index (χ0v) is 20.3. The second kappa shape index (κ2) is 6.83. The first-order valence-corrected chi connectivity index (χ1v) is 12.6. The van der Waals surface area contributed by atoms with Gasteiger partial charge in [0.2, 0.25) is 0 Å². The second-order valence-electron chi connectivity index (χ2n) is 10.4. The number of hydrogen-bond acceptors (Lipinski definition) is 1. The predicted octanol–water partition coefficient (Wildman–Crippen LogP) is 8.79. The molecule has 0 saturated heterocycles. The highest BCUT2D eigenvalue weighted by molar-refractivity contribution is 6.16. The maximum Gasteiger partial charge on any atom is 0.0801 e. The van der Waals surface area contributed by atoms with Crippen LogP contribution in [0.15, 0.2) is 109 Å². The summed E-state index contributed by atoms with van der Waals surface area (Å²) in [5, 5.41) is 6.16. The zero-order valence-electron chi connectivity index (χ0n) is 20.3. The Morgan fingerprint density at radius 3 is 2.39 bits per heavy atom. The normalized spacial score (nSPS) is 14.1. The Morgan fingerprint density at radius 1 is 0.639 bits per heavy atom. The molecule has 2 heteroatoms. The molecular weight excluding hydrogens is 436 g/mol. The van der Waals surface area contributed by atoms with E-state index in [0.29, 0.717) is 0 Å². The summed E-state index contributed by atoms with van der Waals surface area (Å²) in [4.78, 5) is 4.86. The molecule has 36 heavy (non-hydrogen) atoms. The summed E-state index contributed by atoms with van der Waals surface area (Å²) in [5.74, 6) is 0. The molecule has 0 saturated carbocycles. The Kier molecular flexibility index (Phi) is 3.76. The average molecular weight is 461 g/mol. The van der Waals surface area contributed by atoms with Crippen molar-refractivity contribution < 1.29 is 0 Å². The first-order valence-electron chi connectivity index (χ1n) is 12.6. The van der Waals surface area contributed by atoms with Crippen molar-refractivity contribution in [2.24, 2.45) is 0 Å². The number of nitrogens with zero attached hydrogens (tertiary/aromatic N) is 2. The monoisotopic (exact) mass is 460 g/mol. The molecule has 0 N–H and O–H groups in total. The lowest BCUT2D eigenvalue weighted by Gasteiger charge is -2.24. The van der Waals surface area contributed by atoms with Gasteiger partial charge in [-0.3, -0.25) is 4.98 Å². The van der Waals surface area contributed by atoms with Crippen LogP contribution in [0.3, 0.4) is 0 Å². The quantitative estimate of drug-likeness (QED) is 0.224. The average Bonchev–Trinajstić information content (AvgIpc) is 3.37. The number of rotatable bonds is 1. The molecule has 0 bridgehead atoms. The van der Waals surface area contributed by atoms with Gasteiger partial charge in [-0.1, -0.05) is 98.8 Å². The lowest BCUT2D eigenvalue weighted by Crippen LogP contribution is -2.16. The molecule has 0 atom stereocenters. The van der Waals surface area contributed by atoms with E-state index in [1.807, 2.05) is 12.3 Å². The highest BCUT2D eigenvalue weighted by Gasteiger charge is 2.38. The van der Waals surface area contributed by atoms with Gasteiger partial charge in [0.05, 0.1) is 22.2 Å². The molecule has 1 aliphatic carbocycles. The van der Waals surface area contributed by atoms with Gasteiger partial charge in [0.1, 0.15) is 0 Å². The lowest BCUT2D eigenvalue weighted by molar-refractivity contribution is 0.664. The molecule has 0 unspecified atom stereocenters. The van der Waals surface area contributed by atoms with Crippen molar-refractivity contribution in [3.63, 3.8) is 0 Å². The van der Waals surface area contributed by atoms with Crippen molar-refractivity contribution in [3.8, 4) is 16.8 Å². The summed E-state index contributed by atoms with van der Waals surface area (Å²) in [6, 6.07) is 37.6. The van der Waals surface area contributed by atoms with Crippen LogP contribution in [-0.2, 0) is 5.41 Å². The van der Waals surface area contributed by atoms with Gasteiger partial charge in [0, 0.05) is 33.2 Å². The van der Waals surface area contributed by atoms with Crippen molar-refractivity contribution in [1.29, 1.82) is 0 Å². The van der Waals surface area contributed by atoms with Gasteiger partial charge in [0.15, 0.2) is 0 Å². The van der Waals surface area contributed by atoms with Crippen molar-refractivity contribution in [1.82, 2.24) is 9.55 Å². The summed E-state index contributed by atoms with van der Waals surface area (Å²) in [5.41, 5.74) is 10.1. The van der Waals surface area contributed by atoms with Crippen LogP contribution in [-0.4, -0.2) is 9.55 Å². The number of pyridine rings is 1. The second-order valence-corrected chi connectivity index (χ2v) is 10.4. The lowest BCUT2D eigenvalue weighted by atomic mass is 9.81. The fourth-order valence-electron chi connectivity index (χ4n) is 6.64. The third kappa shape index (κ3) is 2.39. The van der Waals surface area contributed by atoms with Gasteiger partial charge in [-0.05, 0) is 45.8 Å². The van der Waals surface area contributed by atoms with Gasteiger partial charge < -0.3 is 4.57 Å². The Morgan fingerprint density at radius 2 is 1.44 bits per heavy atom. The maximum atomic E-state index is 4.86. The summed E-state index contributed by atoms with van der Waals surface area (Å²) in [6.07, 6.45) is 1.90. The molecule has 0 aliphatic heterocycles. The van der Waals surface area contributed by atoms with Crippen molar-refractivity contribution >= 4 is 43.5 Å². The van der Waals surface area contributed by atoms with Gasteiger partial charge in [-0.15, -0.1) is 0 Å². The Hall–Kier alpha value is -4.43. The van der Waals surface area contributed by atoms with E-state index >= 15 is 0 Å². The fourth-order valence-corrected chi connectivity index (χ4v) is 6.64. The van der Waals surface area contributed by atoms with Crippen LogP contribution in [0.25, 0.3) is 60.3 Å². The van der Waals surface area contributed by atoms with E-state index in [1.165, 1.54) is 60.5 Å². The Balaban J connectivity index is 1.63. The minimum atomic E-state index is -0.109. The summed E-state index contributed by atoms with van der Waals surface area (Å²) in [7, 11) is 0. The third-order valence-electron chi connectivity index (χ3n) is 8.19. The molecule has 1 aliphatic rings. The summed E-state index contributed by atoms with van der Waals surface area (Å²) in [6.45, 7) is 4.75. The molecule has 0 fully saturated rings. The molecule has 5 aromatic carbocycles. The number of para-hydroxylation sites is 1. The van der Waals surface area contributed by atoms with Crippen LogP contribution in [0, 0.1) is 0 Å². The Labute approximate surface area is 209 Å². The van der Waals surface area contributed by atoms with E-state index in [-0.39, 0.29) is 5.41 Å². The van der Waals surface area contributed by atoms with Gasteiger partial charge in [0.25, 0.3) is 0 Å². The van der Waals surface area contributed by atoms with Crippen LogP contribution in [0.2, 0.25) is 0 Å². The van der Waals surface area contributed by atoms with Gasteiger partial charge in [-0.25, -0.2) is 0 Å². The largest absolute Gasteiger partial charge is 0.308 e. The fraction of sp³-hybridized carbons (Fsp3) is 0.0882. The number of hydrogen-bond donors (Lipinski definition) is 0. The zero-order chi connectivity index (χ0) is 24.0. The van der Waals surface area contributed by atoms with Crippen molar-refractivity contribution in [2.45, 2.75) is 19.3 Å². The predicted molar refractivity (Wildman–Crippen MR) is 151 cm³/mol. The molecule has 2 nitrogen and oxygen atoms in total. The summed E-state index contributed by atoms with van der Waals surface area (Å²) >= 11 is 0. The minimum Gasteiger partial charge on any atom is -0.308 e. The number of benzene rings is 5. The third-order valence-corrected chi connectivity index (χ3v) is 8.19. The Bertz CT molecular complexity index is 2020. The van der Waals surface area contributed by atoms with E-state index in [2.05, 4.69) is 115 Å². The van der Waals surface area contributed by atoms with Crippen LogP contribution in [0.4, 0.5) is 0 Å². The van der Waals surface area contributed by atoms with Crippen LogP contribution in [0.1, 0.15) is 25.0 Å². The van der Waals surface area contributed by atoms with E-state index in [0.717, 1.165) is 10.9 Å². The molecule has 2 aromatic heterocycles. The minimum absolute atomic E-state index is 0.109. The van der Waals surface area contributed by atoms with Crippen molar-refractivity contribution in [2.75, 3.05) is 0 Å². The van der Waals surface area contributed by atoms with Gasteiger partial charge >= 0.3 is 0 Å². The highest BCUT2D eigenvalue weighted by Crippen LogP contribution is 2.53. The van der Waals surface area contributed by atoms with Crippen LogP contribution in [0.5, 0.6) is 0 Å². The first kappa shape index (κ1) is 19.8. The number of fused-ring (bicyclic) bond motifs is 10. The van der Waals surface area contributed by atoms with Gasteiger partial charge in [-0.2, -0.15) is 0 Å². The van der Waals surface area contributed by atoms with Crippen LogP contribution >= 0.6 is 0 Å². The highest BCUT2D eigenvalue weighted by atomic mass is 15.0. The SMILES string of the molecule is CC1(C)c2ccccc2-c2ccc3c4ccccc4n(-c4cccc5ccc6cccnc6c45)c3c21. The molecule has 8 rings (SSSR count). The van der Waals surface area contributed by atoms with Crippen LogP contribution < -0.4 is 0 Å². The smallest absolute Gasteiger partial charge is 0.0801 e. The molecule has 0 amide bonds. The van der Waals surface area contributed by atoms with E-state index < -0.39 is 0 Å². The molecule has 0 spiro atoms. The molecule has 0 radical (unpaired) electrons. The van der Waals surface area contributed by atoms with E-state index in [9.17, 15) is 0 Å². The van der Waals surface area contributed by atoms with E-state index in [4.69, 9.17) is 4.98 Å². The molecule has 170 valence electrons. The summed E-state index contributed by atoms with van der Waals surface area (Å²) < 4.78 is 2.51. The topological polar surface area (TPSA) is 17.8 Å². The van der Waals surface area contributed by atoms with E-state index in [1.54, 1.807) is 0 Å². The number of aromatic nitrogens is 2. The molecule has 2 heterocycles.